The number of fused-ring (bicyclic) bond motifs is 1. The summed E-state index contributed by atoms with van der Waals surface area (Å²) in [6, 6.07) is 1.20. The van der Waals surface area contributed by atoms with Gasteiger partial charge in [-0.2, -0.15) is 0 Å². The van der Waals surface area contributed by atoms with Crippen molar-refractivity contribution in [2.45, 2.75) is 26.2 Å². The first-order valence-electron chi connectivity index (χ1n) is 5.76. The third-order valence-corrected chi connectivity index (χ3v) is 2.70. The van der Waals surface area contributed by atoms with Crippen LogP contribution in [0.4, 0.5) is 0 Å². The molecule has 0 atom stereocenters. The van der Waals surface area contributed by atoms with Gasteiger partial charge in [-0.05, 0) is 25.3 Å². The first-order chi connectivity index (χ1) is 8.97. The summed E-state index contributed by atoms with van der Waals surface area (Å²) in [5, 5.41) is 0.141. The van der Waals surface area contributed by atoms with Crippen LogP contribution in [0.15, 0.2) is 24.9 Å². The van der Waals surface area contributed by atoms with Gasteiger partial charge in [-0.25, -0.2) is 9.59 Å². The number of nitrogens with one attached hydrogen (secondary N) is 2. The fraction of sp³-hybridized carbons (Fsp3) is 0.333. The van der Waals surface area contributed by atoms with Crippen LogP contribution in [0.5, 0.6) is 0 Å². The monoisotopic (exact) mass is 264 g/mol. The fourth-order valence-corrected chi connectivity index (χ4v) is 1.90. The molecule has 7 nitrogen and oxygen atoms in total. The molecule has 7 heteroatoms. The predicted molar refractivity (Wildman–Crippen MR) is 67.3 cm³/mol. The second kappa shape index (κ2) is 5.05. The highest BCUT2D eigenvalue weighted by Crippen LogP contribution is 2.12. The Morgan fingerprint density at radius 3 is 2.68 bits per heavy atom. The molecule has 2 N–H and O–H groups in total. The largest absolute Gasteiger partial charge is 0.405 e. The Bertz CT molecular complexity index is 791. The van der Waals surface area contributed by atoms with Crippen molar-refractivity contribution < 1.29 is 9.21 Å². The van der Waals surface area contributed by atoms with Gasteiger partial charge in [0, 0.05) is 12.5 Å². The van der Waals surface area contributed by atoms with E-state index in [0.717, 1.165) is 0 Å². The summed E-state index contributed by atoms with van der Waals surface area (Å²) in [6.45, 7) is 1.47. The number of rotatable bonds is 4. The molecule has 2 aromatic rings. The molecule has 0 fully saturated rings. The molecule has 0 aromatic carbocycles. The molecular weight excluding hydrogens is 252 g/mol. The maximum Gasteiger partial charge on any atom is 0.337 e. The van der Waals surface area contributed by atoms with Crippen LogP contribution in [0.25, 0.3) is 11.1 Å². The first kappa shape index (κ1) is 13.0. The summed E-state index contributed by atoms with van der Waals surface area (Å²) in [6.07, 6.45) is 1.27. The summed E-state index contributed by atoms with van der Waals surface area (Å²) in [4.78, 5) is 49.4. The SMILES string of the molecule is CC(=O)CCCc1cc(=O)oc2[nH]c(=O)[nH]c(=O)c12. The van der Waals surface area contributed by atoms with Crippen LogP contribution < -0.4 is 16.9 Å². The maximum absolute atomic E-state index is 11.7. The Balaban J connectivity index is 2.54. The van der Waals surface area contributed by atoms with Gasteiger partial charge >= 0.3 is 11.3 Å². The van der Waals surface area contributed by atoms with Crippen molar-refractivity contribution in [3.63, 3.8) is 0 Å². The number of carbonyl (C=O) groups excluding carboxylic acids is 1. The zero-order chi connectivity index (χ0) is 14.0. The summed E-state index contributed by atoms with van der Waals surface area (Å²) in [5.41, 5.74) is -1.67. The fourth-order valence-electron chi connectivity index (χ4n) is 1.90. The van der Waals surface area contributed by atoms with E-state index in [4.69, 9.17) is 4.42 Å². The number of hydrogen-bond acceptors (Lipinski definition) is 5. The maximum atomic E-state index is 11.7. The molecular formula is C12H12N2O5. The summed E-state index contributed by atoms with van der Waals surface area (Å²) >= 11 is 0. The lowest BCUT2D eigenvalue weighted by Gasteiger charge is -2.03. The van der Waals surface area contributed by atoms with Gasteiger partial charge in [0.25, 0.3) is 5.56 Å². The van der Waals surface area contributed by atoms with E-state index in [-0.39, 0.29) is 16.9 Å². The number of H-pyrrole nitrogens is 2. The van der Waals surface area contributed by atoms with Gasteiger partial charge in [0.1, 0.15) is 11.2 Å². The molecule has 0 amide bonds. The smallest absolute Gasteiger partial charge is 0.337 e. The Kier molecular flexibility index (Phi) is 3.46. The van der Waals surface area contributed by atoms with Crippen LogP contribution in [-0.4, -0.2) is 15.8 Å². The molecule has 0 bridgehead atoms. The quantitative estimate of drug-likeness (QED) is 0.812. The lowest BCUT2D eigenvalue weighted by molar-refractivity contribution is -0.117. The molecule has 0 aliphatic carbocycles. The molecule has 0 saturated carbocycles. The van der Waals surface area contributed by atoms with Gasteiger partial charge in [0.05, 0.1) is 0 Å². The predicted octanol–water partition coefficient (Wildman–Crippen LogP) is 0.0813. The van der Waals surface area contributed by atoms with Gasteiger partial charge in [0.2, 0.25) is 5.71 Å². The van der Waals surface area contributed by atoms with Crippen molar-refractivity contribution in [2.24, 2.45) is 0 Å². The van der Waals surface area contributed by atoms with E-state index in [1.54, 1.807) is 0 Å². The third-order valence-electron chi connectivity index (χ3n) is 2.70. The van der Waals surface area contributed by atoms with E-state index in [1.807, 2.05) is 0 Å². The number of hydrogen-bond donors (Lipinski definition) is 2. The zero-order valence-electron chi connectivity index (χ0n) is 10.2. The average Bonchev–Trinajstić information content (AvgIpc) is 2.26. The van der Waals surface area contributed by atoms with Crippen LogP contribution in [0.1, 0.15) is 25.3 Å². The normalized spacial score (nSPS) is 10.8. The van der Waals surface area contributed by atoms with Crippen molar-refractivity contribution >= 4 is 16.9 Å². The molecule has 2 heterocycles. The minimum atomic E-state index is -0.735. The van der Waals surface area contributed by atoms with Gasteiger partial charge in [-0.1, -0.05) is 0 Å². The van der Waals surface area contributed by atoms with Crippen molar-refractivity contribution in [1.82, 2.24) is 9.97 Å². The zero-order valence-corrected chi connectivity index (χ0v) is 10.2. The van der Waals surface area contributed by atoms with Crippen molar-refractivity contribution in [3.8, 4) is 0 Å². The van der Waals surface area contributed by atoms with Crippen molar-refractivity contribution in [2.75, 3.05) is 0 Å². The van der Waals surface area contributed by atoms with Gasteiger partial charge in [0.15, 0.2) is 0 Å². The Labute approximate surface area is 106 Å². The van der Waals surface area contributed by atoms with E-state index in [1.165, 1.54) is 13.0 Å². The van der Waals surface area contributed by atoms with Crippen LogP contribution in [0.3, 0.4) is 0 Å². The minimum Gasteiger partial charge on any atom is -0.405 e. The van der Waals surface area contributed by atoms with Crippen LogP contribution in [0.2, 0.25) is 0 Å². The lowest BCUT2D eigenvalue weighted by Crippen LogP contribution is -2.24. The highest BCUT2D eigenvalue weighted by atomic mass is 16.4. The lowest BCUT2D eigenvalue weighted by atomic mass is 10.1. The van der Waals surface area contributed by atoms with E-state index in [9.17, 15) is 19.2 Å². The number of aromatic nitrogens is 2. The molecule has 2 rings (SSSR count). The highest BCUT2D eigenvalue weighted by molar-refractivity contribution is 5.76. The van der Waals surface area contributed by atoms with Crippen LogP contribution in [0, 0.1) is 0 Å². The molecule has 2 aromatic heterocycles. The molecule has 0 spiro atoms. The van der Waals surface area contributed by atoms with E-state index >= 15 is 0 Å². The molecule has 0 saturated heterocycles. The van der Waals surface area contributed by atoms with Gasteiger partial charge in [-0.15, -0.1) is 0 Å². The van der Waals surface area contributed by atoms with Gasteiger partial charge < -0.3 is 9.21 Å². The number of carbonyl (C=O) groups is 1. The van der Waals surface area contributed by atoms with Crippen LogP contribution in [-0.2, 0) is 11.2 Å². The Hall–Kier alpha value is -2.44. The standard InChI is InChI=1S/C12H12N2O5/c1-6(15)3-2-4-7-5-8(16)19-11-9(7)10(17)13-12(18)14-11/h5H,2-4H2,1H3,(H2,13,14,17,18). The van der Waals surface area contributed by atoms with Gasteiger partial charge in [-0.3, -0.25) is 14.8 Å². The molecule has 0 radical (unpaired) electrons. The topological polar surface area (TPSA) is 113 Å². The minimum absolute atomic E-state index is 0.0367. The average molecular weight is 264 g/mol. The van der Waals surface area contributed by atoms with E-state index < -0.39 is 16.9 Å². The number of aryl methyl sites for hydroxylation is 1. The Morgan fingerprint density at radius 2 is 2.00 bits per heavy atom. The van der Waals surface area contributed by atoms with Crippen molar-refractivity contribution in [3.05, 3.63) is 42.9 Å². The summed E-state index contributed by atoms with van der Waals surface area (Å²) < 4.78 is 4.79. The Morgan fingerprint density at radius 1 is 1.26 bits per heavy atom. The van der Waals surface area contributed by atoms with E-state index in [0.29, 0.717) is 24.8 Å². The number of ketones is 1. The summed E-state index contributed by atoms with van der Waals surface area (Å²) in [5.74, 6) is 0.0367. The first-order valence-corrected chi connectivity index (χ1v) is 5.76. The molecule has 0 aliphatic heterocycles. The number of aromatic amines is 2. The molecule has 0 unspecified atom stereocenters. The second-order valence-corrected chi connectivity index (χ2v) is 4.26. The number of Topliss-reactive ketones (excluding diaryl/α,β-unsaturated/α-hetero) is 1. The second-order valence-electron chi connectivity index (χ2n) is 4.26. The van der Waals surface area contributed by atoms with Crippen LogP contribution >= 0.6 is 0 Å². The third kappa shape index (κ3) is 2.87. The molecule has 19 heavy (non-hydrogen) atoms. The summed E-state index contributed by atoms with van der Waals surface area (Å²) in [7, 11) is 0. The molecule has 0 aliphatic rings. The van der Waals surface area contributed by atoms with E-state index in [2.05, 4.69) is 9.97 Å². The molecule has 100 valence electrons. The highest BCUT2D eigenvalue weighted by Gasteiger charge is 2.11. The van der Waals surface area contributed by atoms with Crippen molar-refractivity contribution in [1.29, 1.82) is 0 Å².